The summed E-state index contributed by atoms with van der Waals surface area (Å²) in [5, 5.41) is 15.5. The van der Waals surface area contributed by atoms with Crippen LogP contribution in [0, 0.1) is 11.3 Å². The van der Waals surface area contributed by atoms with Crippen molar-refractivity contribution in [3.8, 4) is 6.07 Å². The first-order valence-corrected chi connectivity index (χ1v) is 3.30. The molecule has 0 atom stereocenters. The molecular formula is C7H13NO3. The molecule has 0 spiro atoms. The van der Waals surface area contributed by atoms with Gasteiger partial charge < -0.3 is 9.84 Å². The highest BCUT2D eigenvalue weighted by molar-refractivity contribution is 5.69. The lowest BCUT2D eigenvalue weighted by molar-refractivity contribution is -0.143. The van der Waals surface area contributed by atoms with E-state index in [4.69, 9.17) is 10.4 Å². The van der Waals surface area contributed by atoms with Crippen molar-refractivity contribution in [1.82, 2.24) is 0 Å². The van der Waals surface area contributed by atoms with Gasteiger partial charge in [0, 0.05) is 6.92 Å². The lowest BCUT2D eigenvalue weighted by Gasteiger charge is -1.96. The molecule has 0 aliphatic rings. The van der Waals surface area contributed by atoms with Crippen LogP contribution in [0.2, 0.25) is 0 Å². The first kappa shape index (κ1) is 12.6. The van der Waals surface area contributed by atoms with Crippen molar-refractivity contribution < 1.29 is 14.6 Å². The van der Waals surface area contributed by atoms with Gasteiger partial charge in [0.1, 0.15) is 0 Å². The molecule has 0 aromatic carbocycles. The van der Waals surface area contributed by atoms with Gasteiger partial charge in [-0.3, -0.25) is 4.79 Å². The fourth-order valence-electron chi connectivity index (χ4n) is 0.324. The minimum absolute atomic E-state index is 0.105. The van der Waals surface area contributed by atoms with E-state index in [-0.39, 0.29) is 19.0 Å². The van der Waals surface area contributed by atoms with Gasteiger partial charge in [-0.25, -0.2) is 0 Å². The summed E-state index contributed by atoms with van der Waals surface area (Å²) in [6.07, 6.45) is 0.105. The molecule has 0 radical (unpaired) electrons. The lowest BCUT2D eigenvalue weighted by Crippen LogP contribution is -2.05. The van der Waals surface area contributed by atoms with Crippen LogP contribution in [0.1, 0.15) is 20.3 Å². The van der Waals surface area contributed by atoms with E-state index in [1.54, 1.807) is 13.0 Å². The van der Waals surface area contributed by atoms with Crippen molar-refractivity contribution in [3.63, 3.8) is 0 Å². The summed E-state index contributed by atoms with van der Waals surface area (Å²) in [4.78, 5) is 10.3. The van der Waals surface area contributed by atoms with Crippen LogP contribution in [-0.2, 0) is 9.53 Å². The molecular weight excluding hydrogens is 146 g/mol. The number of aliphatic hydroxyl groups is 1. The number of hydrogen-bond acceptors (Lipinski definition) is 4. The molecule has 4 nitrogen and oxygen atoms in total. The Morgan fingerprint density at radius 2 is 2.18 bits per heavy atom. The minimum Gasteiger partial charge on any atom is -0.466 e. The molecule has 0 aromatic rings. The quantitative estimate of drug-likeness (QED) is 0.607. The largest absolute Gasteiger partial charge is 0.466 e. The SMILES string of the molecule is CC#N.CCOC(=O)CCO. The Morgan fingerprint density at radius 1 is 1.73 bits per heavy atom. The molecule has 0 saturated heterocycles. The molecule has 0 unspecified atom stereocenters. The van der Waals surface area contributed by atoms with Crippen LogP contribution in [0.4, 0.5) is 0 Å². The molecule has 1 N–H and O–H groups in total. The van der Waals surface area contributed by atoms with E-state index in [2.05, 4.69) is 4.74 Å². The summed E-state index contributed by atoms with van der Waals surface area (Å²) in [7, 11) is 0. The first-order chi connectivity index (χ1) is 5.22. The van der Waals surface area contributed by atoms with Crippen LogP contribution in [0.15, 0.2) is 0 Å². The Bertz CT molecular complexity index is 120. The van der Waals surface area contributed by atoms with Crippen molar-refractivity contribution in [1.29, 1.82) is 5.26 Å². The van der Waals surface area contributed by atoms with Crippen LogP contribution in [0.3, 0.4) is 0 Å². The molecule has 11 heavy (non-hydrogen) atoms. The third kappa shape index (κ3) is 17.6. The van der Waals surface area contributed by atoms with Crippen molar-refractivity contribution in [2.75, 3.05) is 13.2 Å². The fourth-order valence-corrected chi connectivity index (χ4v) is 0.324. The van der Waals surface area contributed by atoms with Gasteiger partial charge in [-0.2, -0.15) is 5.26 Å². The van der Waals surface area contributed by atoms with Gasteiger partial charge in [-0.05, 0) is 6.92 Å². The normalized spacial score (nSPS) is 7.09. The second-order valence-corrected chi connectivity index (χ2v) is 1.50. The van der Waals surface area contributed by atoms with Crippen LogP contribution in [0.5, 0.6) is 0 Å². The lowest BCUT2D eigenvalue weighted by atomic mass is 10.5. The Balaban J connectivity index is 0. The van der Waals surface area contributed by atoms with Crippen LogP contribution >= 0.6 is 0 Å². The summed E-state index contributed by atoms with van der Waals surface area (Å²) in [6, 6.07) is 1.75. The molecule has 0 aliphatic carbocycles. The summed E-state index contributed by atoms with van der Waals surface area (Å²) >= 11 is 0. The van der Waals surface area contributed by atoms with Crippen LogP contribution < -0.4 is 0 Å². The van der Waals surface area contributed by atoms with Crippen molar-refractivity contribution in [2.45, 2.75) is 20.3 Å². The number of rotatable bonds is 3. The van der Waals surface area contributed by atoms with E-state index in [0.717, 1.165) is 0 Å². The highest BCUT2D eigenvalue weighted by atomic mass is 16.5. The molecule has 4 heteroatoms. The van der Waals surface area contributed by atoms with Crippen LogP contribution in [0.25, 0.3) is 0 Å². The first-order valence-electron chi connectivity index (χ1n) is 3.30. The monoisotopic (exact) mass is 159 g/mol. The topological polar surface area (TPSA) is 70.3 Å². The predicted molar refractivity (Wildman–Crippen MR) is 39.6 cm³/mol. The fraction of sp³-hybridized carbons (Fsp3) is 0.714. The maximum absolute atomic E-state index is 10.3. The molecule has 0 bridgehead atoms. The smallest absolute Gasteiger partial charge is 0.308 e. The number of carbonyl (C=O) groups excluding carboxylic acids is 1. The van der Waals surface area contributed by atoms with Gasteiger partial charge in [0.2, 0.25) is 0 Å². The van der Waals surface area contributed by atoms with Gasteiger partial charge in [-0.1, -0.05) is 0 Å². The van der Waals surface area contributed by atoms with Gasteiger partial charge in [0.25, 0.3) is 0 Å². The minimum atomic E-state index is -0.338. The third-order valence-electron chi connectivity index (χ3n) is 0.621. The number of hydrogen-bond donors (Lipinski definition) is 1. The number of esters is 1. The molecule has 0 amide bonds. The Labute approximate surface area is 66.4 Å². The molecule has 0 aromatic heterocycles. The van der Waals surface area contributed by atoms with Gasteiger partial charge in [0.05, 0.1) is 25.7 Å². The number of ether oxygens (including phenoxy) is 1. The maximum Gasteiger partial charge on any atom is 0.308 e. The Hall–Kier alpha value is -1.08. The Kier molecular flexibility index (Phi) is 13.4. The number of nitrogens with zero attached hydrogens (tertiary/aromatic N) is 1. The van der Waals surface area contributed by atoms with E-state index in [1.807, 2.05) is 0 Å². The highest BCUT2D eigenvalue weighted by Crippen LogP contribution is 1.82. The summed E-state index contributed by atoms with van der Waals surface area (Å²) in [5.41, 5.74) is 0. The zero-order valence-corrected chi connectivity index (χ0v) is 6.83. The van der Waals surface area contributed by atoms with Crippen molar-refractivity contribution in [3.05, 3.63) is 0 Å². The molecule has 0 saturated carbocycles. The van der Waals surface area contributed by atoms with Crippen LogP contribution in [-0.4, -0.2) is 24.3 Å². The molecule has 64 valence electrons. The number of carbonyl (C=O) groups is 1. The van der Waals surface area contributed by atoms with Gasteiger partial charge >= 0.3 is 5.97 Å². The average Bonchev–Trinajstić information content (AvgIpc) is 1.90. The average molecular weight is 159 g/mol. The number of aliphatic hydroxyl groups excluding tert-OH is 1. The second-order valence-electron chi connectivity index (χ2n) is 1.50. The van der Waals surface area contributed by atoms with Crippen molar-refractivity contribution in [2.24, 2.45) is 0 Å². The summed E-state index contributed by atoms with van der Waals surface area (Å²) in [5.74, 6) is -0.338. The summed E-state index contributed by atoms with van der Waals surface area (Å²) in [6.45, 7) is 3.42. The molecule has 0 rings (SSSR count). The summed E-state index contributed by atoms with van der Waals surface area (Å²) < 4.78 is 4.48. The highest BCUT2D eigenvalue weighted by Gasteiger charge is 1.96. The van der Waals surface area contributed by atoms with E-state index in [1.165, 1.54) is 6.92 Å². The zero-order chi connectivity index (χ0) is 9.11. The van der Waals surface area contributed by atoms with E-state index < -0.39 is 0 Å². The van der Waals surface area contributed by atoms with Gasteiger partial charge in [-0.15, -0.1) is 0 Å². The zero-order valence-electron chi connectivity index (χ0n) is 6.83. The predicted octanol–water partition coefficient (Wildman–Crippen LogP) is 0.462. The second kappa shape index (κ2) is 11.7. The van der Waals surface area contributed by atoms with E-state index in [0.29, 0.717) is 6.61 Å². The molecule has 0 fully saturated rings. The van der Waals surface area contributed by atoms with E-state index >= 15 is 0 Å². The Morgan fingerprint density at radius 3 is 2.45 bits per heavy atom. The standard InChI is InChI=1S/C5H10O3.C2H3N/c1-2-8-5(7)3-4-6;1-2-3/h6H,2-4H2,1H3;1H3. The number of nitriles is 1. The van der Waals surface area contributed by atoms with Gasteiger partial charge in [0.15, 0.2) is 0 Å². The van der Waals surface area contributed by atoms with E-state index in [9.17, 15) is 4.79 Å². The van der Waals surface area contributed by atoms with Crippen molar-refractivity contribution >= 4 is 5.97 Å². The third-order valence-corrected chi connectivity index (χ3v) is 0.621. The molecule has 0 heterocycles. The molecule has 0 aliphatic heterocycles. The maximum atomic E-state index is 10.3.